The van der Waals surface area contributed by atoms with Crippen LogP contribution in [0.25, 0.3) is 0 Å². The summed E-state index contributed by atoms with van der Waals surface area (Å²) in [5, 5.41) is 0. The standard InChI is InChI=1S/C75H124O6/c1-4-7-10-13-16-19-22-25-27-29-31-32-33-34-35-36-37-38-39-40-41-42-44-45-47-50-53-56-59-62-65-68-74(77)80-71-72(70-79-73(76)67-64-61-58-55-52-49-24-21-18-15-12-9-6-3)81-75(78)69-66-63-60-57-54-51-48-46-43-30-28-26-23-20-17-14-11-8-5-2/h7,10,12,15-17,19-21,24-28,31-32,34-35,37-38,40-41,72H,4-6,8-9,11,13-14,18,22-23,29-30,33,36,39,42-71H2,1-3H3/b10-7-,15-12-,19-16-,20-17-,24-21-,27-25-,28-26-,32-31-,35-34-,38-37-,41-40-. The molecule has 0 aromatic heterocycles. The molecule has 0 N–H and O–H groups in total. The first-order valence-electron chi connectivity index (χ1n) is 33.7. The van der Waals surface area contributed by atoms with E-state index in [0.717, 1.165) is 148 Å². The maximum Gasteiger partial charge on any atom is 0.306 e. The predicted octanol–water partition coefficient (Wildman–Crippen LogP) is 23.3. The third-order valence-corrected chi connectivity index (χ3v) is 14.1. The average Bonchev–Trinajstić information content (AvgIpc) is 3.46. The lowest BCUT2D eigenvalue weighted by Gasteiger charge is -2.18. The van der Waals surface area contributed by atoms with E-state index in [2.05, 4.69) is 154 Å². The summed E-state index contributed by atoms with van der Waals surface area (Å²) in [6.45, 7) is 6.43. The molecule has 0 saturated carbocycles. The largest absolute Gasteiger partial charge is 0.462 e. The first kappa shape index (κ1) is 76.5. The fourth-order valence-electron chi connectivity index (χ4n) is 9.08. The lowest BCUT2D eigenvalue weighted by molar-refractivity contribution is -0.167. The molecule has 0 spiro atoms. The van der Waals surface area contributed by atoms with Crippen LogP contribution in [0, 0.1) is 0 Å². The van der Waals surface area contributed by atoms with Crippen LogP contribution in [0.4, 0.5) is 0 Å². The minimum atomic E-state index is -0.794. The molecule has 0 amide bonds. The summed E-state index contributed by atoms with van der Waals surface area (Å²) in [5.41, 5.74) is 0. The monoisotopic (exact) mass is 1120 g/mol. The second-order valence-electron chi connectivity index (χ2n) is 22.0. The van der Waals surface area contributed by atoms with E-state index < -0.39 is 6.10 Å². The smallest absolute Gasteiger partial charge is 0.306 e. The van der Waals surface area contributed by atoms with Gasteiger partial charge in [-0.2, -0.15) is 0 Å². The SMILES string of the molecule is CC/C=C\C/C=C\C/C=C\C/C=C\C/C=C\C/C=C\C/C=C\CCCCCCCCCCCC(=O)OCC(COC(=O)CCCCCCC/C=C\C/C=C\CCC)OC(=O)CCCCCCCCCCC/C=C\C/C=C\CCCCC. The molecule has 0 rings (SSSR count). The van der Waals surface area contributed by atoms with Crippen molar-refractivity contribution in [3.63, 3.8) is 0 Å². The molecule has 0 aliphatic heterocycles. The molecule has 460 valence electrons. The molecule has 0 fully saturated rings. The summed E-state index contributed by atoms with van der Waals surface area (Å²) in [5.74, 6) is -0.909. The molecule has 1 unspecified atom stereocenters. The highest BCUT2D eigenvalue weighted by Gasteiger charge is 2.19. The van der Waals surface area contributed by atoms with Crippen molar-refractivity contribution < 1.29 is 28.6 Å². The van der Waals surface area contributed by atoms with Crippen LogP contribution in [-0.2, 0) is 28.6 Å². The highest BCUT2D eigenvalue weighted by atomic mass is 16.6. The lowest BCUT2D eigenvalue weighted by Crippen LogP contribution is -2.30. The molecule has 0 heterocycles. The van der Waals surface area contributed by atoms with E-state index in [9.17, 15) is 14.4 Å². The third-order valence-electron chi connectivity index (χ3n) is 14.1. The minimum Gasteiger partial charge on any atom is -0.462 e. The molecule has 0 bridgehead atoms. The molecule has 0 radical (unpaired) electrons. The highest BCUT2D eigenvalue weighted by molar-refractivity contribution is 5.71. The minimum absolute atomic E-state index is 0.0899. The Bertz CT molecular complexity index is 1720. The number of carbonyl (C=O) groups is 3. The molecule has 6 nitrogen and oxygen atoms in total. The van der Waals surface area contributed by atoms with Gasteiger partial charge < -0.3 is 14.2 Å². The van der Waals surface area contributed by atoms with E-state index in [1.165, 1.54) is 116 Å². The van der Waals surface area contributed by atoms with Gasteiger partial charge in [-0.1, -0.05) is 283 Å². The Morgan fingerprint density at radius 1 is 0.259 bits per heavy atom. The van der Waals surface area contributed by atoms with Gasteiger partial charge >= 0.3 is 17.9 Å². The quantitative estimate of drug-likeness (QED) is 0.0261. The van der Waals surface area contributed by atoms with Crippen LogP contribution in [0.3, 0.4) is 0 Å². The van der Waals surface area contributed by atoms with Crippen LogP contribution in [0.5, 0.6) is 0 Å². The zero-order valence-electron chi connectivity index (χ0n) is 52.8. The summed E-state index contributed by atoms with van der Waals surface area (Å²) in [4.78, 5) is 38.4. The number of esters is 3. The van der Waals surface area contributed by atoms with Crippen molar-refractivity contribution in [3.8, 4) is 0 Å². The van der Waals surface area contributed by atoms with E-state index in [0.29, 0.717) is 19.3 Å². The summed E-state index contributed by atoms with van der Waals surface area (Å²) >= 11 is 0. The predicted molar refractivity (Wildman–Crippen MR) is 353 cm³/mol. The van der Waals surface area contributed by atoms with Crippen molar-refractivity contribution in [2.45, 2.75) is 309 Å². The van der Waals surface area contributed by atoms with Crippen molar-refractivity contribution in [1.29, 1.82) is 0 Å². The lowest BCUT2D eigenvalue weighted by atomic mass is 10.1. The topological polar surface area (TPSA) is 78.9 Å². The Labute approximate surface area is 500 Å². The van der Waals surface area contributed by atoms with Crippen LogP contribution in [-0.4, -0.2) is 37.2 Å². The third kappa shape index (κ3) is 66.2. The fourth-order valence-corrected chi connectivity index (χ4v) is 9.08. The maximum absolute atomic E-state index is 12.9. The van der Waals surface area contributed by atoms with Gasteiger partial charge in [0.25, 0.3) is 0 Å². The van der Waals surface area contributed by atoms with Gasteiger partial charge in [0, 0.05) is 19.3 Å². The summed E-state index contributed by atoms with van der Waals surface area (Å²) in [7, 11) is 0. The van der Waals surface area contributed by atoms with Crippen LogP contribution in [0.15, 0.2) is 134 Å². The second kappa shape index (κ2) is 68.1. The van der Waals surface area contributed by atoms with Gasteiger partial charge in [-0.3, -0.25) is 14.4 Å². The van der Waals surface area contributed by atoms with Crippen molar-refractivity contribution in [2.24, 2.45) is 0 Å². The number of rotatable bonds is 60. The number of ether oxygens (including phenoxy) is 3. The van der Waals surface area contributed by atoms with Gasteiger partial charge in [0.2, 0.25) is 0 Å². The molecule has 6 heteroatoms. The number of unbranched alkanes of at least 4 members (excludes halogenated alkanes) is 27. The van der Waals surface area contributed by atoms with Crippen molar-refractivity contribution in [2.75, 3.05) is 13.2 Å². The summed E-state index contributed by atoms with van der Waals surface area (Å²) < 4.78 is 16.9. The van der Waals surface area contributed by atoms with Gasteiger partial charge in [0.1, 0.15) is 13.2 Å². The molecule has 0 aliphatic rings. The van der Waals surface area contributed by atoms with Gasteiger partial charge in [-0.05, 0) is 135 Å². The Morgan fingerprint density at radius 3 is 0.802 bits per heavy atom. The van der Waals surface area contributed by atoms with Crippen molar-refractivity contribution >= 4 is 17.9 Å². The molecule has 81 heavy (non-hydrogen) atoms. The van der Waals surface area contributed by atoms with Crippen molar-refractivity contribution in [1.82, 2.24) is 0 Å². The average molecular weight is 1120 g/mol. The Kier molecular flexibility index (Phi) is 64.3. The first-order chi connectivity index (χ1) is 40.0. The van der Waals surface area contributed by atoms with Gasteiger partial charge in [0.15, 0.2) is 6.10 Å². The Balaban J connectivity index is 4.31. The molecule has 0 aromatic rings. The molecular weight excluding hydrogens is 997 g/mol. The second-order valence-corrected chi connectivity index (χ2v) is 22.0. The van der Waals surface area contributed by atoms with Gasteiger partial charge in [0.05, 0.1) is 0 Å². The molecule has 0 saturated heterocycles. The zero-order valence-corrected chi connectivity index (χ0v) is 52.8. The highest BCUT2D eigenvalue weighted by Crippen LogP contribution is 2.16. The molecule has 0 aromatic carbocycles. The van der Waals surface area contributed by atoms with Crippen LogP contribution in [0.2, 0.25) is 0 Å². The van der Waals surface area contributed by atoms with Crippen LogP contribution < -0.4 is 0 Å². The molecule has 0 aliphatic carbocycles. The number of hydrogen-bond acceptors (Lipinski definition) is 6. The fraction of sp³-hybridized carbons (Fsp3) is 0.667. The Morgan fingerprint density at radius 2 is 0.506 bits per heavy atom. The van der Waals surface area contributed by atoms with E-state index in [-0.39, 0.29) is 31.1 Å². The van der Waals surface area contributed by atoms with E-state index in [4.69, 9.17) is 14.2 Å². The van der Waals surface area contributed by atoms with Crippen LogP contribution >= 0.6 is 0 Å². The first-order valence-corrected chi connectivity index (χ1v) is 33.7. The van der Waals surface area contributed by atoms with Gasteiger partial charge in [-0.15, -0.1) is 0 Å². The maximum atomic E-state index is 12.9. The van der Waals surface area contributed by atoms with Crippen LogP contribution in [0.1, 0.15) is 303 Å². The van der Waals surface area contributed by atoms with Gasteiger partial charge in [-0.25, -0.2) is 0 Å². The summed E-state index contributed by atoms with van der Waals surface area (Å²) in [6.07, 6.45) is 96.0. The molecule has 1 atom stereocenters. The number of carbonyl (C=O) groups excluding carboxylic acids is 3. The van der Waals surface area contributed by atoms with Crippen molar-refractivity contribution in [3.05, 3.63) is 134 Å². The molecular formula is C75H124O6. The normalized spacial score (nSPS) is 13.0. The van der Waals surface area contributed by atoms with E-state index >= 15 is 0 Å². The Hall–Kier alpha value is -4.45. The van der Waals surface area contributed by atoms with E-state index in [1.54, 1.807) is 0 Å². The summed E-state index contributed by atoms with van der Waals surface area (Å²) in [6, 6.07) is 0. The van der Waals surface area contributed by atoms with E-state index in [1.807, 2.05) is 0 Å². The number of allylic oxidation sites excluding steroid dienone is 22. The number of hydrogen-bond donors (Lipinski definition) is 0. The zero-order chi connectivity index (χ0) is 58.5.